The van der Waals surface area contributed by atoms with E-state index in [1.165, 1.54) is 6.07 Å². The van der Waals surface area contributed by atoms with E-state index in [0.717, 1.165) is 0 Å². The van der Waals surface area contributed by atoms with Gasteiger partial charge in [-0.25, -0.2) is 4.39 Å². The highest BCUT2D eigenvalue weighted by molar-refractivity contribution is 5.54. The van der Waals surface area contributed by atoms with E-state index in [2.05, 4.69) is 5.32 Å². The summed E-state index contributed by atoms with van der Waals surface area (Å²) in [6.45, 7) is 0.706. The second kappa shape index (κ2) is 2.75. The van der Waals surface area contributed by atoms with Crippen LogP contribution in [0.2, 0.25) is 0 Å². The van der Waals surface area contributed by atoms with E-state index in [1.807, 2.05) is 0 Å². The van der Waals surface area contributed by atoms with Gasteiger partial charge in [0.05, 0.1) is 6.10 Å². The molecule has 0 spiro atoms. The molecule has 0 radical (unpaired) electrons. The van der Waals surface area contributed by atoms with Crippen molar-refractivity contribution >= 4 is 5.69 Å². The zero-order chi connectivity index (χ0) is 8.55. The first-order valence-electron chi connectivity index (χ1n) is 3.99. The highest BCUT2D eigenvalue weighted by Gasteiger charge is 2.20. The quantitative estimate of drug-likeness (QED) is 0.616. The van der Waals surface area contributed by atoms with Crippen molar-refractivity contribution in [3.8, 4) is 0 Å². The van der Waals surface area contributed by atoms with E-state index in [1.54, 1.807) is 12.1 Å². The molecule has 1 aliphatic heterocycles. The average molecular weight is 167 g/mol. The Balaban J connectivity index is 2.53. The van der Waals surface area contributed by atoms with Crippen LogP contribution in [0.4, 0.5) is 10.1 Å². The highest BCUT2D eigenvalue weighted by Crippen LogP contribution is 2.31. The van der Waals surface area contributed by atoms with Gasteiger partial charge in [-0.1, -0.05) is 6.07 Å². The van der Waals surface area contributed by atoms with Crippen LogP contribution in [0.15, 0.2) is 18.2 Å². The number of aliphatic hydroxyl groups is 1. The third-order valence-electron chi connectivity index (χ3n) is 2.12. The van der Waals surface area contributed by atoms with Gasteiger partial charge in [0.1, 0.15) is 5.82 Å². The molecule has 1 atom stereocenters. The molecule has 0 saturated heterocycles. The number of halogens is 1. The molecule has 1 heterocycles. The zero-order valence-corrected chi connectivity index (χ0v) is 6.55. The van der Waals surface area contributed by atoms with Gasteiger partial charge >= 0.3 is 0 Å². The fourth-order valence-corrected chi connectivity index (χ4v) is 1.52. The van der Waals surface area contributed by atoms with Crippen molar-refractivity contribution in [1.29, 1.82) is 0 Å². The Kier molecular flexibility index (Phi) is 1.73. The van der Waals surface area contributed by atoms with E-state index in [4.69, 9.17) is 0 Å². The lowest BCUT2D eigenvalue weighted by Crippen LogP contribution is -2.17. The van der Waals surface area contributed by atoms with Crippen molar-refractivity contribution in [2.24, 2.45) is 0 Å². The van der Waals surface area contributed by atoms with Gasteiger partial charge in [-0.3, -0.25) is 0 Å². The molecule has 1 aromatic carbocycles. The maximum atomic E-state index is 13.1. The number of fused-ring (bicyclic) bond motifs is 1. The zero-order valence-electron chi connectivity index (χ0n) is 6.55. The van der Waals surface area contributed by atoms with Gasteiger partial charge in [-0.2, -0.15) is 0 Å². The molecule has 2 nitrogen and oxygen atoms in total. The summed E-state index contributed by atoms with van der Waals surface area (Å²) in [5, 5.41) is 12.5. The molecule has 2 N–H and O–H groups in total. The first-order valence-corrected chi connectivity index (χ1v) is 3.99. The molecule has 1 aromatic rings. The highest BCUT2D eigenvalue weighted by atomic mass is 19.1. The normalized spacial score (nSPS) is 21.3. The third-order valence-corrected chi connectivity index (χ3v) is 2.12. The molecular formula is C9H10FNO. The molecule has 3 heteroatoms. The minimum atomic E-state index is -0.651. The summed E-state index contributed by atoms with van der Waals surface area (Å²) in [5.41, 5.74) is 1.12. The van der Waals surface area contributed by atoms with Crippen molar-refractivity contribution in [3.63, 3.8) is 0 Å². The van der Waals surface area contributed by atoms with Crippen molar-refractivity contribution < 1.29 is 9.50 Å². The van der Waals surface area contributed by atoms with Crippen LogP contribution in [0, 0.1) is 5.82 Å². The van der Waals surface area contributed by atoms with E-state index < -0.39 is 6.10 Å². The Bertz CT molecular complexity index is 301. The molecule has 1 aliphatic rings. The molecule has 64 valence electrons. The first kappa shape index (κ1) is 7.55. The number of anilines is 1. The maximum absolute atomic E-state index is 13.1. The summed E-state index contributed by atoms with van der Waals surface area (Å²) in [4.78, 5) is 0. The summed E-state index contributed by atoms with van der Waals surface area (Å²) in [7, 11) is 0. The van der Waals surface area contributed by atoms with Crippen LogP contribution in [-0.4, -0.2) is 11.7 Å². The van der Waals surface area contributed by atoms with Gasteiger partial charge in [0.15, 0.2) is 0 Å². The van der Waals surface area contributed by atoms with Crippen molar-refractivity contribution in [1.82, 2.24) is 0 Å². The van der Waals surface area contributed by atoms with Crippen LogP contribution >= 0.6 is 0 Å². The predicted octanol–water partition coefficient (Wildman–Crippen LogP) is 1.67. The Labute approximate surface area is 70.0 Å². The van der Waals surface area contributed by atoms with Gasteiger partial charge in [0, 0.05) is 17.8 Å². The standard InChI is InChI=1S/C9H10FNO/c10-6-2-1-3-7-9(6)8(12)4-5-11-7/h1-3,8,11-12H,4-5H2. The van der Waals surface area contributed by atoms with E-state index in [-0.39, 0.29) is 5.82 Å². The fourth-order valence-electron chi connectivity index (χ4n) is 1.52. The summed E-state index contributed by atoms with van der Waals surface area (Å²) in [5.74, 6) is -0.327. The van der Waals surface area contributed by atoms with Crippen LogP contribution in [0.1, 0.15) is 18.1 Å². The summed E-state index contributed by atoms with van der Waals surface area (Å²) in [6, 6.07) is 4.79. The molecule has 0 bridgehead atoms. The SMILES string of the molecule is OC1CCNc2cccc(F)c21. The van der Waals surface area contributed by atoms with Gasteiger partial charge < -0.3 is 10.4 Å². The molecule has 12 heavy (non-hydrogen) atoms. The van der Waals surface area contributed by atoms with Gasteiger partial charge in [0.2, 0.25) is 0 Å². The summed E-state index contributed by atoms with van der Waals surface area (Å²) < 4.78 is 13.1. The number of hydrogen-bond acceptors (Lipinski definition) is 2. The lowest BCUT2D eigenvalue weighted by Gasteiger charge is -2.22. The van der Waals surface area contributed by atoms with Gasteiger partial charge in [-0.05, 0) is 18.6 Å². The maximum Gasteiger partial charge on any atom is 0.131 e. The van der Waals surface area contributed by atoms with Crippen molar-refractivity contribution in [2.45, 2.75) is 12.5 Å². The summed E-state index contributed by atoms with van der Waals surface area (Å²) in [6.07, 6.45) is -0.0732. The topological polar surface area (TPSA) is 32.3 Å². The van der Waals surface area contributed by atoms with Crippen LogP contribution in [-0.2, 0) is 0 Å². The first-order chi connectivity index (χ1) is 5.79. The minimum Gasteiger partial charge on any atom is -0.388 e. The second-order valence-corrected chi connectivity index (χ2v) is 2.93. The number of nitrogens with one attached hydrogen (secondary N) is 1. The monoisotopic (exact) mass is 167 g/mol. The molecule has 0 aliphatic carbocycles. The molecule has 0 fully saturated rings. The predicted molar refractivity (Wildman–Crippen MR) is 44.5 cm³/mol. The average Bonchev–Trinajstić information content (AvgIpc) is 2.04. The lowest BCUT2D eigenvalue weighted by molar-refractivity contribution is 0.164. The van der Waals surface area contributed by atoms with Crippen LogP contribution in [0.25, 0.3) is 0 Å². The third kappa shape index (κ3) is 1.06. The molecule has 0 saturated carbocycles. The molecule has 0 aromatic heterocycles. The number of benzene rings is 1. The minimum absolute atomic E-state index is 0.327. The molecular weight excluding hydrogens is 157 g/mol. The Morgan fingerprint density at radius 1 is 1.50 bits per heavy atom. The van der Waals surface area contributed by atoms with E-state index >= 15 is 0 Å². The molecule has 1 unspecified atom stereocenters. The number of rotatable bonds is 0. The van der Waals surface area contributed by atoms with Crippen LogP contribution < -0.4 is 5.32 Å². The van der Waals surface area contributed by atoms with Gasteiger partial charge in [0.25, 0.3) is 0 Å². The molecule has 2 rings (SSSR count). The van der Waals surface area contributed by atoms with Crippen molar-refractivity contribution in [2.75, 3.05) is 11.9 Å². The summed E-state index contributed by atoms with van der Waals surface area (Å²) >= 11 is 0. The van der Waals surface area contributed by atoms with E-state index in [9.17, 15) is 9.50 Å². The largest absolute Gasteiger partial charge is 0.388 e. The van der Waals surface area contributed by atoms with Crippen LogP contribution in [0.5, 0.6) is 0 Å². The van der Waals surface area contributed by atoms with Crippen LogP contribution in [0.3, 0.4) is 0 Å². The molecule has 0 amide bonds. The number of aliphatic hydroxyl groups excluding tert-OH is 1. The Morgan fingerprint density at radius 2 is 2.33 bits per heavy atom. The van der Waals surface area contributed by atoms with Crippen molar-refractivity contribution in [3.05, 3.63) is 29.6 Å². The fraction of sp³-hybridized carbons (Fsp3) is 0.333. The van der Waals surface area contributed by atoms with Gasteiger partial charge in [-0.15, -0.1) is 0 Å². The Morgan fingerprint density at radius 3 is 3.08 bits per heavy atom. The smallest absolute Gasteiger partial charge is 0.131 e. The number of hydrogen-bond donors (Lipinski definition) is 2. The Hall–Kier alpha value is -1.09. The second-order valence-electron chi connectivity index (χ2n) is 2.93. The van der Waals surface area contributed by atoms with E-state index in [0.29, 0.717) is 24.2 Å². The lowest BCUT2D eigenvalue weighted by atomic mass is 10.0.